The van der Waals surface area contributed by atoms with Gasteiger partial charge in [-0.3, -0.25) is 4.79 Å². The van der Waals surface area contributed by atoms with E-state index in [-0.39, 0.29) is 12.0 Å². The summed E-state index contributed by atoms with van der Waals surface area (Å²) in [5.41, 5.74) is 0.922. The molecule has 0 unspecified atom stereocenters. The molecule has 1 aliphatic heterocycles. The third-order valence-corrected chi connectivity index (χ3v) is 7.78. The van der Waals surface area contributed by atoms with Crippen molar-refractivity contribution in [3.8, 4) is 0 Å². The number of carbonyl (C=O) groups is 1. The van der Waals surface area contributed by atoms with Crippen LogP contribution < -0.4 is 0 Å². The number of carbonyl (C=O) groups excluding carboxylic acids is 1. The quantitative estimate of drug-likeness (QED) is 0.322. The molecule has 0 aromatic heterocycles. The minimum atomic E-state index is -0.634. The molecule has 31 heavy (non-hydrogen) atoms. The highest BCUT2D eigenvalue weighted by molar-refractivity contribution is 5.76. The van der Waals surface area contributed by atoms with Gasteiger partial charge in [0, 0.05) is 25.4 Å². The van der Waals surface area contributed by atoms with Gasteiger partial charge >= 0.3 is 0 Å². The number of aliphatic hydroxyl groups is 2. The summed E-state index contributed by atoms with van der Waals surface area (Å²) >= 11 is 0. The van der Waals surface area contributed by atoms with E-state index in [4.69, 9.17) is 0 Å². The average Bonchev–Trinajstić information content (AvgIpc) is 3.44. The van der Waals surface area contributed by atoms with Crippen molar-refractivity contribution < 1.29 is 15.0 Å². The number of rotatable bonds is 12. The van der Waals surface area contributed by atoms with Crippen LogP contribution in [-0.4, -0.2) is 45.8 Å². The summed E-state index contributed by atoms with van der Waals surface area (Å²) in [7, 11) is 0. The Morgan fingerprint density at radius 1 is 1.23 bits per heavy atom. The van der Waals surface area contributed by atoms with Crippen LogP contribution in [0.25, 0.3) is 0 Å². The van der Waals surface area contributed by atoms with Gasteiger partial charge in [0.15, 0.2) is 0 Å². The third-order valence-electron chi connectivity index (χ3n) is 7.78. The van der Waals surface area contributed by atoms with E-state index in [0.717, 1.165) is 64.5 Å². The number of hydrogen-bond acceptors (Lipinski definition) is 3. The van der Waals surface area contributed by atoms with Gasteiger partial charge < -0.3 is 15.1 Å². The van der Waals surface area contributed by atoms with Gasteiger partial charge in [-0.05, 0) is 76.5 Å². The lowest BCUT2D eigenvalue weighted by atomic mass is 9.87. The van der Waals surface area contributed by atoms with Crippen LogP contribution in [0.2, 0.25) is 0 Å². The molecule has 0 spiro atoms. The van der Waals surface area contributed by atoms with Crippen molar-refractivity contribution in [2.75, 3.05) is 13.1 Å². The molecule has 1 amide bonds. The van der Waals surface area contributed by atoms with Crippen molar-refractivity contribution in [3.63, 3.8) is 0 Å². The van der Waals surface area contributed by atoms with Gasteiger partial charge in [0.1, 0.15) is 0 Å². The lowest BCUT2D eigenvalue weighted by Gasteiger charge is -2.22. The van der Waals surface area contributed by atoms with Crippen LogP contribution in [-0.2, 0) is 4.79 Å². The standard InChI is InChI=1S/C27H45NO3/c1-3-4-14-27(2,31)15-10-12-23-24-19-21(18-22(24)20-25(23)29)11-6-5-7-13-26(30)28-16-8-9-17-28/h10,12,18,22-25,29,31H,3-9,11,13-17,19-20H2,1-2H3/b12-10+/t22-,23+,24-,25+,27-/m0/s1. The predicted molar refractivity (Wildman–Crippen MR) is 127 cm³/mol. The Balaban J connectivity index is 1.36. The van der Waals surface area contributed by atoms with Gasteiger partial charge in [-0.25, -0.2) is 0 Å². The van der Waals surface area contributed by atoms with Crippen molar-refractivity contribution in [3.05, 3.63) is 23.8 Å². The van der Waals surface area contributed by atoms with Crippen molar-refractivity contribution in [2.45, 2.75) is 109 Å². The number of aliphatic hydroxyl groups excluding tert-OH is 1. The Kier molecular flexibility index (Phi) is 9.21. The van der Waals surface area contributed by atoms with E-state index in [9.17, 15) is 15.0 Å². The van der Waals surface area contributed by atoms with Crippen molar-refractivity contribution >= 4 is 5.91 Å². The van der Waals surface area contributed by atoms with E-state index in [1.807, 2.05) is 11.8 Å². The molecule has 1 saturated heterocycles. The minimum Gasteiger partial charge on any atom is -0.392 e. The molecule has 5 atom stereocenters. The summed E-state index contributed by atoms with van der Waals surface area (Å²) < 4.78 is 0. The van der Waals surface area contributed by atoms with E-state index < -0.39 is 5.60 Å². The lowest BCUT2D eigenvalue weighted by Crippen LogP contribution is -2.27. The van der Waals surface area contributed by atoms with Crippen LogP contribution >= 0.6 is 0 Å². The number of allylic oxidation sites excluding steroid dienone is 2. The molecule has 2 aliphatic carbocycles. The fourth-order valence-electron chi connectivity index (χ4n) is 5.86. The van der Waals surface area contributed by atoms with E-state index in [0.29, 0.717) is 30.6 Å². The van der Waals surface area contributed by atoms with Crippen LogP contribution in [0.5, 0.6) is 0 Å². The molecule has 0 aromatic carbocycles. The van der Waals surface area contributed by atoms with E-state index in [2.05, 4.69) is 25.2 Å². The van der Waals surface area contributed by atoms with Gasteiger partial charge in [0.2, 0.25) is 5.91 Å². The van der Waals surface area contributed by atoms with Crippen LogP contribution in [0.1, 0.15) is 97.3 Å². The maximum Gasteiger partial charge on any atom is 0.222 e. The largest absolute Gasteiger partial charge is 0.392 e. The Morgan fingerprint density at radius 3 is 2.74 bits per heavy atom. The first-order valence-electron chi connectivity index (χ1n) is 12.9. The molecule has 3 rings (SSSR count). The predicted octanol–water partition coefficient (Wildman–Crippen LogP) is 5.39. The van der Waals surface area contributed by atoms with Gasteiger partial charge in [-0.15, -0.1) is 0 Å². The number of nitrogens with zero attached hydrogens (tertiary/aromatic N) is 1. The Morgan fingerprint density at radius 2 is 2.00 bits per heavy atom. The SMILES string of the molecule is CCCC[C@](C)(O)C/C=C/[C@@H]1[C@H]2CC(CCCCCC(=O)N3CCCC3)=C[C@H]2C[C@H]1O. The van der Waals surface area contributed by atoms with Gasteiger partial charge in [0.25, 0.3) is 0 Å². The lowest BCUT2D eigenvalue weighted by molar-refractivity contribution is -0.130. The second-order valence-corrected chi connectivity index (χ2v) is 10.6. The zero-order chi connectivity index (χ0) is 22.3. The fraction of sp³-hybridized carbons (Fsp3) is 0.815. The molecule has 0 radical (unpaired) electrons. The zero-order valence-corrected chi connectivity index (χ0v) is 19.9. The topological polar surface area (TPSA) is 60.8 Å². The van der Waals surface area contributed by atoms with Crippen LogP contribution in [0, 0.1) is 17.8 Å². The second-order valence-electron chi connectivity index (χ2n) is 10.6. The smallest absolute Gasteiger partial charge is 0.222 e. The molecule has 1 saturated carbocycles. The summed E-state index contributed by atoms with van der Waals surface area (Å²) in [6, 6.07) is 0. The summed E-state index contributed by atoms with van der Waals surface area (Å²) in [5, 5.41) is 21.1. The highest BCUT2D eigenvalue weighted by Gasteiger charge is 2.43. The first kappa shape index (κ1) is 24.5. The van der Waals surface area contributed by atoms with Gasteiger partial charge in [-0.1, -0.05) is 50.0 Å². The number of hydrogen-bond donors (Lipinski definition) is 2. The maximum atomic E-state index is 12.1. The second kappa shape index (κ2) is 11.7. The Hall–Kier alpha value is -1.13. The molecule has 0 aromatic rings. The Labute approximate surface area is 189 Å². The zero-order valence-electron chi connectivity index (χ0n) is 19.9. The van der Waals surface area contributed by atoms with Crippen molar-refractivity contribution in [2.24, 2.45) is 17.8 Å². The van der Waals surface area contributed by atoms with E-state index >= 15 is 0 Å². The molecular weight excluding hydrogens is 386 g/mol. The number of likely N-dealkylation sites (tertiary alicyclic amines) is 1. The van der Waals surface area contributed by atoms with Crippen molar-refractivity contribution in [1.82, 2.24) is 4.90 Å². The molecule has 4 nitrogen and oxygen atoms in total. The number of fused-ring (bicyclic) bond motifs is 1. The summed E-state index contributed by atoms with van der Waals surface area (Å²) in [5.74, 6) is 1.61. The first-order valence-corrected chi connectivity index (χ1v) is 12.9. The van der Waals surface area contributed by atoms with Gasteiger partial charge in [-0.2, -0.15) is 0 Å². The first-order chi connectivity index (χ1) is 14.9. The molecule has 0 bridgehead atoms. The number of unbranched alkanes of at least 4 members (excludes halogenated alkanes) is 3. The molecule has 2 N–H and O–H groups in total. The maximum absolute atomic E-state index is 12.1. The molecule has 176 valence electrons. The minimum absolute atomic E-state index is 0.221. The van der Waals surface area contributed by atoms with E-state index in [1.165, 1.54) is 19.3 Å². The number of amides is 1. The molecule has 1 heterocycles. The summed E-state index contributed by atoms with van der Waals surface area (Å²) in [6.07, 6.45) is 19.6. The van der Waals surface area contributed by atoms with Crippen LogP contribution in [0.15, 0.2) is 23.8 Å². The summed E-state index contributed by atoms with van der Waals surface area (Å²) in [4.78, 5) is 14.2. The highest BCUT2D eigenvalue weighted by atomic mass is 16.3. The highest BCUT2D eigenvalue weighted by Crippen LogP contribution is 2.48. The summed E-state index contributed by atoms with van der Waals surface area (Å²) in [6.45, 7) is 6.01. The van der Waals surface area contributed by atoms with Crippen LogP contribution in [0.3, 0.4) is 0 Å². The normalized spacial score (nSPS) is 30.1. The molecular formula is C27H45NO3. The van der Waals surface area contributed by atoms with Crippen molar-refractivity contribution in [1.29, 1.82) is 0 Å². The fourth-order valence-corrected chi connectivity index (χ4v) is 5.86. The average molecular weight is 432 g/mol. The monoisotopic (exact) mass is 431 g/mol. The molecule has 4 heteroatoms. The van der Waals surface area contributed by atoms with Crippen LogP contribution in [0.4, 0.5) is 0 Å². The Bertz CT molecular complexity index is 632. The van der Waals surface area contributed by atoms with Gasteiger partial charge in [0.05, 0.1) is 11.7 Å². The molecule has 2 fully saturated rings. The van der Waals surface area contributed by atoms with E-state index in [1.54, 1.807) is 5.57 Å². The molecule has 3 aliphatic rings. The third kappa shape index (κ3) is 7.18.